The maximum atomic E-state index is 12.4. The molecule has 0 amide bonds. The lowest BCUT2D eigenvalue weighted by atomic mass is 9.94. The fourth-order valence-electron chi connectivity index (χ4n) is 1.97. The van der Waals surface area contributed by atoms with Crippen LogP contribution in [0.4, 0.5) is 0 Å². The Hall–Kier alpha value is -1.92. The molecule has 0 bridgehead atoms. The van der Waals surface area contributed by atoms with Crippen LogP contribution in [0, 0.1) is 32.1 Å². The minimum atomic E-state index is -0.711. The van der Waals surface area contributed by atoms with Crippen molar-refractivity contribution >= 4 is 17.1 Å². The molecule has 1 aromatic carbocycles. The van der Waals surface area contributed by atoms with Crippen LogP contribution in [0.25, 0.3) is 0 Å². The minimum Gasteiger partial charge on any atom is -0.291 e. The van der Waals surface area contributed by atoms with Gasteiger partial charge in [-0.1, -0.05) is 29.8 Å². The molecule has 0 aliphatic rings. The van der Waals surface area contributed by atoms with Crippen molar-refractivity contribution in [2.75, 3.05) is 0 Å². The molecule has 0 saturated carbocycles. The number of carbonyl (C=O) groups is 1. The summed E-state index contributed by atoms with van der Waals surface area (Å²) < 4.78 is 0. The number of Topliss-reactive ketones (excluding diaryl/α,β-unsaturated/α-hetero) is 1. The van der Waals surface area contributed by atoms with E-state index < -0.39 is 5.92 Å². The summed E-state index contributed by atoms with van der Waals surface area (Å²) in [6, 6.07) is 11.6. The standard InChI is InChI=1S/C16H15NOS/c1-10-5-4-6-13(7-10)14(9-17)16(18)15-8-11(2)12(3)19-15/h4-8,14H,1-3H3. The van der Waals surface area contributed by atoms with Gasteiger partial charge in [0.15, 0.2) is 5.78 Å². The molecule has 0 fully saturated rings. The van der Waals surface area contributed by atoms with E-state index in [-0.39, 0.29) is 5.78 Å². The molecule has 1 heterocycles. The monoisotopic (exact) mass is 269 g/mol. The van der Waals surface area contributed by atoms with Gasteiger partial charge in [0.05, 0.1) is 10.9 Å². The van der Waals surface area contributed by atoms with Gasteiger partial charge in [-0.3, -0.25) is 4.79 Å². The van der Waals surface area contributed by atoms with Gasteiger partial charge in [0.2, 0.25) is 0 Å². The van der Waals surface area contributed by atoms with Crippen molar-refractivity contribution in [1.29, 1.82) is 5.26 Å². The fourth-order valence-corrected chi connectivity index (χ4v) is 2.97. The predicted molar refractivity (Wildman–Crippen MR) is 77.7 cm³/mol. The van der Waals surface area contributed by atoms with Crippen molar-refractivity contribution in [2.24, 2.45) is 0 Å². The van der Waals surface area contributed by atoms with Crippen LogP contribution in [-0.2, 0) is 0 Å². The Bertz CT molecular complexity index is 644. The quantitative estimate of drug-likeness (QED) is 0.785. The van der Waals surface area contributed by atoms with Crippen molar-refractivity contribution in [3.05, 3.63) is 56.8 Å². The van der Waals surface area contributed by atoms with Crippen LogP contribution in [-0.4, -0.2) is 5.78 Å². The van der Waals surface area contributed by atoms with Crippen LogP contribution >= 0.6 is 11.3 Å². The molecule has 0 radical (unpaired) electrons. The van der Waals surface area contributed by atoms with Gasteiger partial charge in [0.1, 0.15) is 5.92 Å². The van der Waals surface area contributed by atoms with Crippen LogP contribution in [0.1, 0.15) is 37.2 Å². The third-order valence-corrected chi connectivity index (χ3v) is 4.34. The summed E-state index contributed by atoms with van der Waals surface area (Å²) in [4.78, 5) is 14.2. The summed E-state index contributed by atoms with van der Waals surface area (Å²) >= 11 is 1.46. The number of ketones is 1. The molecule has 96 valence electrons. The number of nitrogens with zero attached hydrogens (tertiary/aromatic N) is 1. The van der Waals surface area contributed by atoms with Crippen molar-refractivity contribution in [3.63, 3.8) is 0 Å². The van der Waals surface area contributed by atoms with Gasteiger partial charge in [-0.15, -0.1) is 11.3 Å². The Morgan fingerprint density at radius 1 is 1.26 bits per heavy atom. The molecule has 3 heteroatoms. The van der Waals surface area contributed by atoms with Gasteiger partial charge in [-0.2, -0.15) is 5.26 Å². The van der Waals surface area contributed by atoms with Gasteiger partial charge in [0, 0.05) is 4.88 Å². The Kier molecular flexibility index (Phi) is 3.82. The first-order valence-corrected chi connectivity index (χ1v) is 6.92. The third-order valence-electron chi connectivity index (χ3n) is 3.18. The third kappa shape index (κ3) is 2.74. The van der Waals surface area contributed by atoms with Crippen LogP contribution < -0.4 is 0 Å². The van der Waals surface area contributed by atoms with E-state index in [1.165, 1.54) is 11.3 Å². The van der Waals surface area contributed by atoms with E-state index in [9.17, 15) is 10.1 Å². The van der Waals surface area contributed by atoms with Crippen LogP contribution in [0.3, 0.4) is 0 Å². The second-order valence-electron chi connectivity index (χ2n) is 4.69. The molecule has 2 nitrogen and oxygen atoms in total. The predicted octanol–water partition coefficient (Wildman–Crippen LogP) is 4.16. The highest BCUT2D eigenvalue weighted by molar-refractivity contribution is 7.14. The Morgan fingerprint density at radius 2 is 2.00 bits per heavy atom. The maximum absolute atomic E-state index is 12.4. The lowest BCUT2D eigenvalue weighted by Crippen LogP contribution is -2.09. The number of hydrogen-bond acceptors (Lipinski definition) is 3. The van der Waals surface area contributed by atoms with Crippen molar-refractivity contribution in [1.82, 2.24) is 0 Å². The number of nitriles is 1. The number of rotatable bonds is 3. The molecule has 1 aromatic heterocycles. The lowest BCUT2D eigenvalue weighted by molar-refractivity contribution is 0.0982. The minimum absolute atomic E-state index is 0.102. The molecule has 19 heavy (non-hydrogen) atoms. The average Bonchev–Trinajstić information content (AvgIpc) is 2.70. The first-order valence-electron chi connectivity index (χ1n) is 6.10. The van der Waals surface area contributed by atoms with E-state index in [1.54, 1.807) is 0 Å². The summed E-state index contributed by atoms with van der Waals surface area (Å²) in [5.41, 5.74) is 2.94. The number of carbonyl (C=O) groups excluding carboxylic acids is 1. The molecule has 1 atom stereocenters. The largest absolute Gasteiger partial charge is 0.291 e. The zero-order valence-electron chi connectivity index (χ0n) is 11.2. The number of thiophene rings is 1. The van der Waals surface area contributed by atoms with Gasteiger partial charge in [-0.25, -0.2) is 0 Å². The first-order chi connectivity index (χ1) is 9.02. The summed E-state index contributed by atoms with van der Waals surface area (Å²) in [6.07, 6.45) is 0. The molecule has 0 N–H and O–H groups in total. The van der Waals surface area contributed by atoms with Crippen molar-refractivity contribution in [3.8, 4) is 6.07 Å². The number of benzene rings is 1. The van der Waals surface area contributed by atoms with E-state index in [0.29, 0.717) is 4.88 Å². The van der Waals surface area contributed by atoms with Gasteiger partial charge in [0.25, 0.3) is 0 Å². The smallest absolute Gasteiger partial charge is 0.194 e. The van der Waals surface area contributed by atoms with Gasteiger partial charge >= 0.3 is 0 Å². The van der Waals surface area contributed by atoms with Crippen molar-refractivity contribution in [2.45, 2.75) is 26.7 Å². The Morgan fingerprint density at radius 3 is 2.53 bits per heavy atom. The number of aryl methyl sites for hydroxylation is 3. The van der Waals surface area contributed by atoms with Crippen LogP contribution in [0.2, 0.25) is 0 Å². The summed E-state index contributed by atoms with van der Waals surface area (Å²) in [7, 11) is 0. The highest BCUT2D eigenvalue weighted by Gasteiger charge is 2.23. The summed E-state index contributed by atoms with van der Waals surface area (Å²) in [5, 5.41) is 9.31. The summed E-state index contributed by atoms with van der Waals surface area (Å²) in [5.74, 6) is -0.813. The molecule has 0 aliphatic heterocycles. The van der Waals surface area contributed by atoms with E-state index in [0.717, 1.165) is 21.6 Å². The first kappa shape index (κ1) is 13.5. The highest BCUT2D eigenvalue weighted by atomic mass is 32.1. The molecular weight excluding hydrogens is 254 g/mol. The maximum Gasteiger partial charge on any atom is 0.194 e. The lowest BCUT2D eigenvalue weighted by Gasteiger charge is -2.07. The normalized spacial score (nSPS) is 11.9. The Labute approximate surface area is 117 Å². The second-order valence-corrected chi connectivity index (χ2v) is 5.95. The molecule has 0 spiro atoms. The SMILES string of the molecule is Cc1cccc(C(C#N)C(=O)c2cc(C)c(C)s2)c1. The number of hydrogen-bond donors (Lipinski definition) is 0. The van der Waals surface area contributed by atoms with Gasteiger partial charge in [-0.05, 0) is 38.0 Å². The van der Waals surface area contributed by atoms with E-state index in [2.05, 4.69) is 6.07 Å². The molecule has 0 saturated heterocycles. The van der Waals surface area contributed by atoms with Crippen LogP contribution in [0.5, 0.6) is 0 Å². The van der Waals surface area contributed by atoms with E-state index in [4.69, 9.17) is 0 Å². The topological polar surface area (TPSA) is 40.9 Å². The summed E-state index contributed by atoms with van der Waals surface area (Å²) in [6.45, 7) is 5.93. The molecule has 2 rings (SSSR count). The zero-order chi connectivity index (χ0) is 14.0. The van der Waals surface area contributed by atoms with Crippen molar-refractivity contribution < 1.29 is 4.79 Å². The fraction of sp³-hybridized carbons (Fsp3) is 0.250. The van der Waals surface area contributed by atoms with E-state index >= 15 is 0 Å². The highest BCUT2D eigenvalue weighted by Crippen LogP contribution is 2.27. The van der Waals surface area contributed by atoms with Gasteiger partial charge < -0.3 is 0 Å². The zero-order valence-corrected chi connectivity index (χ0v) is 12.0. The Balaban J connectivity index is 2.38. The van der Waals surface area contributed by atoms with Crippen LogP contribution in [0.15, 0.2) is 30.3 Å². The second kappa shape index (κ2) is 5.38. The molecule has 1 unspecified atom stereocenters. The molecule has 0 aliphatic carbocycles. The molecule has 2 aromatic rings. The molecular formula is C16H15NOS. The van der Waals surface area contributed by atoms with E-state index in [1.807, 2.05) is 51.1 Å². The average molecular weight is 269 g/mol.